The van der Waals surface area contributed by atoms with Gasteiger partial charge in [-0.1, -0.05) is 17.7 Å². The number of halogens is 6. The lowest BCUT2D eigenvalue weighted by molar-refractivity contribution is -0.137. The molecule has 1 amide bonds. The van der Waals surface area contributed by atoms with Gasteiger partial charge in [0.05, 0.1) is 38.2 Å². The maximum atomic E-state index is 14.3. The van der Waals surface area contributed by atoms with E-state index in [0.717, 1.165) is 12.1 Å². The number of imidazole rings is 2. The molecule has 35 heavy (non-hydrogen) atoms. The number of hydrogen-bond acceptors (Lipinski definition) is 3. The number of alkyl halides is 3. The minimum Gasteiger partial charge on any atom is -0.337 e. The molecule has 5 aromatic rings. The zero-order chi connectivity index (χ0) is 25.1. The van der Waals surface area contributed by atoms with Crippen LogP contribution in [-0.4, -0.2) is 25.4 Å². The molecule has 6 nitrogen and oxygen atoms in total. The third-order valence-corrected chi connectivity index (χ3v) is 6.38. The highest BCUT2D eigenvalue weighted by Gasteiger charge is 2.31. The van der Waals surface area contributed by atoms with Crippen molar-refractivity contribution in [3.05, 3.63) is 75.0 Å². The van der Waals surface area contributed by atoms with Crippen LogP contribution in [0.25, 0.3) is 33.5 Å². The molecule has 0 fully saturated rings. The summed E-state index contributed by atoms with van der Waals surface area (Å²) in [5, 5.41) is 2.79. The zero-order valence-corrected chi connectivity index (χ0v) is 20.0. The van der Waals surface area contributed by atoms with Crippen LogP contribution in [0.4, 0.5) is 23.5 Å². The van der Waals surface area contributed by atoms with E-state index >= 15 is 0 Å². The van der Waals surface area contributed by atoms with Gasteiger partial charge in [0.1, 0.15) is 11.6 Å². The SMILES string of the molecule is Cn1c(NC(=O)c2cc(Br)c3[nH]c(-c4c(F)cccc4Cl)nc3c2)nc2cc(C(F)(F)F)ccc21. The van der Waals surface area contributed by atoms with Crippen molar-refractivity contribution in [1.82, 2.24) is 19.5 Å². The van der Waals surface area contributed by atoms with E-state index in [4.69, 9.17) is 11.6 Å². The second-order valence-corrected chi connectivity index (χ2v) is 8.95. The third kappa shape index (κ3) is 4.14. The average Bonchev–Trinajstić information content (AvgIpc) is 3.34. The van der Waals surface area contributed by atoms with Crippen molar-refractivity contribution < 1.29 is 22.4 Å². The molecule has 3 aromatic carbocycles. The minimum absolute atomic E-state index is 0.0707. The van der Waals surface area contributed by atoms with E-state index in [9.17, 15) is 22.4 Å². The van der Waals surface area contributed by atoms with E-state index in [1.54, 1.807) is 7.05 Å². The van der Waals surface area contributed by atoms with Crippen molar-refractivity contribution in [2.24, 2.45) is 7.05 Å². The number of benzene rings is 3. The van der Waals surface area contributed by atoms with Crippen LogP contribution in [0.5, 0.6) is 0 Å². The monoisotopic (exact) mass is 565 g/mol. The number of hydrogen-bond donors (Lipinski definition) is 2. The normalized spacial score (nSPS) is 12.0. The highest BCUT2D eigenvalue weighted by molar-refractivity contribution is 9.10. The molecule has 0 unspecified atom stereocenters. The molecule has 0 bridgehead atoms. The second kappa shape index (κ2) is 8.35. The summed E-state index contributed by atoms with van der Waals surface area (Å²) >= 11 is 9.53. The quantitative estimate of drug-likeness (QED) is 0.232. The largest absolute Gasteiger partial charge is 0.416 e. The summed E-state index contributed by atoms with van der Waals surface area (Å²) in [5.41, 5.74) is 0.875. The molecule has 0 radical (unpaired) electrons. The number of aromatic nitrogens is 4. The summed E-state index contributed by atoms with van der Waals surface area (Å²) in [5.74, 6) is -0.852. The lowest BCUT2D eigenvalue weighted by Gasteiger charge is -2.06. The Balaban J connectivity index is 1.49. The molecule has 0 aliphatic carbocycles. The number of carbonyl (C=O) groups excluding carboxylic acids is 1. The van der Waals surface area contributed by atoms with Gasteiger partial charge in [-0.3, -0.25) is 10.1 Å². The fraction of sp³-hybridized carbons (Fsp3) is 0.0870. The molecule has 0 aliphatic heterocycles. The lowest BCUT2D eigenvalue weighted by atomic mass is 10.2. The highest BCUT2D eigenvalue weighted by atomic mass is 79.9. The van der Waals surface area contributed by atoms with Gasteiger partial charge in [0.25, 0.3) is 5.91 Å². The standard InChI is InChI=1S/C23H13BrClF4N5O/c1-34-17-6-5-11(23(27,28)29)9-15(17)31-22(34)33-21(35)10-7-12(24)19-16(8-10)30-20(32-19)18-13(25)3-2-4-14(18)26/h2-9H,1H3,(H,30,32)(H,31,33,35). The van der Waals surface area contributed by atoms with Gasteiger partial charge in [0.15, 0.2) is 0 Å². The second-order valence-electron chi connectivity index (χ2n) is 7.68. The van der Waals surface area contributed by atoms with E-state index in [1.807, 2.05) is 0 Å². The molecule has 0 saturated carbocycles. The van der Waals surface area contributed by atoms with Crippen molar-refractivity contribution in [2.45, 2.75) is 6.18 Å². The van der Waals surface area contributed by atoms with Crippen LogP contribution in [0.2, 0.25) is 5.02 Å². The first-order valence-electron chi connectivity index (χ1n) is 10.0. The molecule has 2 heterocycles. The first kappa shape index (κ1) is 23.3. The van der Waals surface area contributed by atoms with Gasteiger partial charge >= 0.3 is 6.18 Å². The number of amides is 1. The molecule has 5 rings (SSSR count). The lowest BCUT2D eigenvalue weighted by Crippen LogP contribution is -2.15. The molecule has 0 spiro atoms. The number of carbonyl (C=O) groups is 1. The Morgan fingerprint density at radius 2 is 1.89 bits per heavy atom. The molecule has 2 aromatic heterocycles. The fourth-order valence-electron chi connectivity index (χ4n) is 3.71. The van der Waals surface area contributed by atoms with Crippen molar-refractivity contribution in [1.29, 1.82) is 0 Å². The average molecular weight is 567 g/mol. The Morgan fingerprint density at radius 3 is 2.60 bits per heavy atom. The van der Waals surface area contributed by atoms with Crippen LogP contribution in [0.3, 0.4) is 0 Å². The summed E-state index contributed by atoms with van der Waals surface area (Å²) in [6.45, 7) is 0. The number of nitrogens with one attached hydrogen (secondary N) is 2. The van der Waals surface area contributed by atoms with Crippen LogP contribution in [0, 0.1) is 5.82 Å². The topological polar surface area (TPSA) is 75.6 Å². The molecule has 178 valence electrons. The molecule has 2 N–H and O–H groups in total. The first-order valence-corrected chi connectivity index (χ1v) is 11.2. The molecular weight excluding hydrogens is 554 g/mol. The van der Waals surface area contributed by atoms with Gasteiger partial charge in [-0.2, -0.15) is 13.2 Å². The number of rotatable bonds is 3. The molecule has 0 atom stereocenters. The van der Waals surface area contributed by atoms with Crippen LogP contribution in [0.1, 0.15) is 15.9 Å². The number of H-pyrrole nitrogens is 1. The minimum atomic E-state index is -4.51. The summed E-state index contributed by atoms with van der Waals surface area (Å²) in [4.78, 5) is 24.5. The van der Waals surface area contributed by atoms with Crippen LogP contribution in [-0.2, 0) is 13.2 Å². The number of nitrogens with zero attached hydrogens (tertiary/aromatic N) is 3. The Kier molecular flexibility index (Phi) is 5.56. The van der Waals surface area contributed by atoms with E-state index in [0.29, 0.717) is 21.0 Å². The Morgan fingerprint density at radius 1 is 1.11 bits per heavy atom. The number of fused-ring (bicyclic) bond motifs is 2. The van der Waals surface area contributed by atoms with E-state index in [1.165, 1.54) is 41.0 Å². The molecular formula is C23H13BrClF4N5O. The van der Waals surface area contributed by atoms with Crippen LogP contribution < -0.4 is 5.32 Å². The number of aryl methyl sites for hydroxylation is 1. The first-order chi connectivity index (χ1) is 16.5. The Labute approximate surface area is 208 Å². The van der Waals surface area contributed by atoms with Crippen molar-refractivity contribution in [2.75, 3.05) is 5.32 Å². The third-order valence-electron chi connectivity index (χ3n) is 5.44. The molecule has 0 aliphatic rings. The predicted octanol–water partition coefficient (Wildman–Crippen LogP) is 6.94. The summed E-state index contributed by atoms with van der Waals surface area (Å²) in [6, 6.07) is 10.5. The Hall–Kier alpha value is -3.44. The van der Waals surface area contributed by atoms with Gasteiger partial charge in [0, 0.05) is 17.1 Å². The van der Waals surface area contributed by atoms with Crippen molar-refractivity contribution >= 4 is 61.5 Å². The van der Waals surface area contributed by atoms with Crippen LogP contribution >= 0.6 is 27.5 Å². The smallest absolute Gasteiger partial charge is 0.337 e. The zero-order valence-electron chi connectivity index (χ0n) is 17.6. The number of anilines is 1. The van der Waals surface area contributed by atoms with Gasteiger partial charge < -0.3 is 9.55 Å². The number of aromatic amines is 1. The van der Waals surface area contributed by atoms with Gasteiger partial charge in [-0.15, -0.1) is 0 Å². The maximum absolute atomic E-state index is 14.3. The van der Waals surface area contributed by atoms with Gasteiger partial charge in [-0.25, -0.2) is 14.4 Å². The Bertz CT molecular complexity index is 1620. The molecule has 0 saturated heterocycles. The highest BCUT2D eigenvalue weighted by Crippen LogP contribution is 2.34. The fourth-order valence-corrected chi connectivity index (χ4v) is 4.51. The van der Waals surface area contributed by atoms with E-state index < -0.39 is 23.5 Å². The maximum Gasteiger partial charge on any atom is 0.416 e. The van der Waals surface area contributed by atoms with Crippen molar-refractivity contribution in [3.63, 3.8) is 0 Å². The van der Waals surface area contributed by atoms with Gasteiger partial charge in [-0.05, 0) is 58.4 Å². The summed E-state index contributed by atoms with van der Waals surface area (Å²) in [6.07, 6.45) is -4.51. The van der Waals surface area contributed by atoms with Crippen LogP contribution in [0.15, 0.2) is 53.0 Å². The summed E-state index contributed by atoms with van der Waals surface area (Å²) in [7, 11) is 1.58. The van der Waals surface area contributed by atoms with Gasteiger partial charge in [0.2, 0.25) is 5.95 Å². The summed E-state index contributed by atoms with van der Waals surface area (Å²) < 4.78 is 55.4. The van der Waals surface area contributed by atoms with Crippen molar-refractivity contribution in [3.8, 4) is 11.4 Å². The van der Waals surface area contributed by atoms with E-state index in [-0.39, 0.29) is 33.4 Å². The van der Waals surface area contributed by atoms with E-state index in [2.05, 4.69) is 36.2 Å². The molecule has 12 heteroatoms. The predicted molar refractivity (Wildman–Crippen MR) is 128 cm³/mol.